The topological polar surface area (TPSA) is 79.7 Å². The first kappa shape index (κ1) is 26.7. The number of aryl methyl sites for hydroxylation is 2. The highest BCUT2D eigenvalue weighted by Crippen LogP contribution is 2.45. The van der Waals surface area contributed by atoms with Crippen molar-refractivity contribution in [3.05, 3.63) is 98.6 Å². The van der Waals surface area contributed by atoms with Gasteiger partial charge in [-0.1, -0.05) is 24.3 Å². The van der Waals surface area contributed by atoms with Crippen LogP contribution in [0.4, 0.5) is 4.39 Å². The number of carbonyl (C=O) groups is 1. The minimum Gasteiger partial charge on any atom is -0.492 e. The molecule has 2 atom stereocenters. The van der Waals surface area contributed by atoms with Crippen LogP contribution in [0.2, 0.25) is 0 Å². The molecule has 0 bridgehead atoms. The molecular formula is C33H31FN2O5. The zero-order valence-electron chi connectivity index (χ0n) is 23.5. The molecule has 8 heteroatoms. The number of hydrogen-bond acceptors (Lipinski definition) is 6. The van der Waals surface area contributed by atoms with Crippen LogP contribution in [-0.4, -0.2) is 29.5 Å². The quantitative estimate of drug-likeness (QED) is 0.273. The molecule has 1 aliphatic carbocycles. The molecular weight excluding hydrogens is 523 g/mol. The van der Waals surface area contributed by atoms with Gasteiger partial charge in [-0.05, 0) is 72.7 Å². The summed E-state index contributed by atoms with van der Waals surface area (Å²) in [6, 6.07) is 16.3. The van der Waals surface area contributed by atoms with Gasteiger partial charge in [-0.25, -0.2) is 9.07 Å². The van der Waals surface area contributed by atoms with Crippen molar-refractivity contribution in [2.45, 2.75) is 45.1 Å². The van der Waals surface area contributed by atoms with Gasteiger partial charge < -0.3 is 14.2 Å². The molecule has 2 aliphatic rings. The van der Waals surface area contributed by atoms with Gasteiger partial charge in [0.1, 0.15) is 23.4 Å². The third kappa shape index (κ3) is 4.77. The monoisotopic (exact) mass is 554 g/mol. The third-order valence-electron chi connectivity index (χ3n) is 8.25. The molecule has 1 aromatic heterocycles. The first-order valence-corrected chi connectivity index (χ1v) is 13.7. The van der Waals surface area contributed by atoms with Crippen LogP contribution in [0.25, 0.3) is 22.4 Å². The van der Waals surface area contributed by atoms with Crippen LogP contribution in [0, 0.1) is 19.7 Å². The molecule has 0 amide bonds. The summed E-state index contributed by atoms with van der Waals surface area (Å²) < 4.78 is 33.7. The second kappa shape index (κ2) is 10.5. The van der Waals surface area contributed by atoms with E-state index in [0.29, 0.717) is 42.2 Å². The van der Waals surface area contributed by atoms with Crippen molar-refractivity contribution in [1.29, 1.82) is 0 Å². The van der Waals surface area contributed by atoms with Crippen LogP contribution in [0.3, 0.4) is 0 Å². The molecule has 6 rings (SSSR count). The first-order valence-electron chi connectivity index (χ1n) is 13.7. The van der Waals surface area contributed by atoms with Gasteiger partial charge in [-0.2, -0.15) is 5.10 Å². The zero-order chi connectivity index (χ0) is 28.8. The fraction of sp³-hybridized carbons (Fsp3) is 0.303. The van der Waals surface area contributed by atoms with Gasteiger partial charge in [0, 0.05) is 41.8 Å². The van der Waals surface area contributed by atoms with Crippen molar-refractivity contribution in [2.24, 2.45) is 7.05 Å². The fourth-order valence-corrected chi connectivity index (χ4v) is 6.16. The van der Waals surface area contributed by atoms with Crippen molar-refractivity contribution in [3.63, 3.8) is 0 Å². The molecule has 0 N–H and O–H groups in total. The molecule has 0 saturated carbocycles. The van der Waals surface area contributed by atoms with Crippen LogP contribution >= 0.6 is 0 Å². The lowest BCUT2D eigenvalue weighted by Crippen LogP contribution is -2.18. The average molecular weight is 555 g/mol. The Labute approximate surface area is 237 Å². The van der Waals surface area contributed by atoms with Gasteiger partial charge in [0.2, 0.25) is 0 Å². The molecule has 7 nitrogen and oxygen atoms in total. The van der Waals surface area contributed by atoms with Crippen molar-refractivity contribution >= 4 is 5.97 Å². The van der Waals surface area contributed by atoms with E-state index in [9.17, 15) is 9.59 Å². The lowest BCUT2D eigenvalue weighted by molar-refractivity contribution is -0.141. The number of aromatic nitrogens is 2. The second-order valence-electron chi connectivity index (χ2n) is 10.7. The molecule has 4 aromatic rings. The summed E-state index contributed by atoms with van der Waals surface area (Å²) in [5.41, 5.74) is 8.05. The number of carbonyl (C=O) groups excluding carboxylic acids is 1. The summed E-state index contributed by atoms with van der Waals surface area (Å²) in [4.78, 5) is 23.7. The Bertz CT molecular complexity index is 1740. The van der Waals surface area contributed by atoms with E-state index in [4.69, 9.17) is 14.2 Å². The maximum Gasteiger partial charge on any atom is 0.306 e. The summed E-state index contributed by atoms with van der Waals surface area (Å²) in [5, 5.41) is 4.45. The van der Waals surface area contributed by atoms with Crippen molar-refractivity contribution in [1.82, 2.24) is 9.78 Å². The van der Waals surface area contributed by atoms with Crippen molar-refractivity contribution in [2.75, 3.05) is 13.7 Å². The van der Waals surface area contributed by atoms with Crippen molar-refractivity contribution < 1.29 is 23.4 Å². The molecule has 210 valence electrons. The number of ether oxygens (including phenoxy) is 3. The summed E-state index contributed by atoms with van der Waals surface area (Å²) >= 11 is 0. The van der Waals surface area contributed by atoms with Crippen LogP contribution < -0.4 is 15.0 Å². The number of fused-ring (bicyclic) bond motifs is 2. The average Bonchev–Trinajstić information content (AvgIpc) is 3.56. The maximum atomic E-state index is 15.4. The van der Waals surface area contributed by atoms with E-state index in [1.807, 2.05) is 43.3 Å². The van der Waals surface area contributed by atoms with Crippen molar-refractivity contribution in [3.8, 4) is 33.9 Å². The molecule has 0 saturated heterocycles. The maximum absolute atomic E-state index is 15.4. The number of benzene rings is 3. The number of rotatable bonds is 6. The van der Waals surface area contributed by atoms with Gasteiger partial charge >= 0.3 is 5.97 Å². The first-order chi connectivity index (χ1) is 19.7. The molecule has 41 heavy (non-hydrogen) atoms. The minimum atomic E-state index is -0.440. The smallest absolute Gasteiger partial charge is 0.306 e. The highest BCUT2D eigenvalue weighted by atomic mass is 19.1. The van der Waals surface area contributed by atoms with E-state index in [1.165, 1.54) is 23.9 Å². The molecule has 1 aliphatic heterocycles. The predicted octanol–water partition coefficient (Wildman–Crippen LogP) is 5.98. The summed E-state index contributed by atoms with van der Waals surface area (Å²) in [7, 11) is 3.02. The summed E-state index contributed by atoms with van der Waals surface area (Å²) in [6.45, 7) is 4.50. The molecule has 3 aromatic carbocycles. The van der Waals surface area contributed by atoms with E-state index in [2.05, 4.69) is 12.0 Å². The number of halogens is 1. The van der Waals surface area contributed by atoms with Gasteiger partial charge in [0.25, 0.3) is 5.56 Å². The Hall–Kier alpha value is -4.46. The lowest BCUT2D eigenvalue weighted by Gasteiger charge is -2.20. The second-order valence-corrected chi connectivity index (χ2v) is 10.7. The lowest BCUT2D eigenvalue weighted by atomic mass is 9.87. The molecule has 0 spiro atoms. The number of methoxy groups -OCH3 is 1. The van der Waals surface area contributed by atoms with E-state index in [0.717, 1.165) is 38.9 Å². The van der Waals surface area contributed by atoms with Crippen LogP contribution in [0.1, 0.15) is 52.7 Å². The summed E-state index contributed by atoms with van der Waals surface area (Å²) in [6.07, 6.45) is 1.14. The highest BCUT2D eigenvalue weighted by Gasteiger charge is 2.32. The Morgan fingerprint density at radius 2 is 1.90 bits per heavy atom. The van der Waals surface area contributed by atoms with Crippen LogP contribution in [-0.2, 0) is 23.0 Å². The number of hydrogen-bond donors (Lipinski definition) is 0. The van der Waals surface area contributed by atoms with Crippen LogP contribution in [0.15, 0.2) is 59.4 Å². The third-order valence-corrected chi connectivity index (χ3v) is 8.25. The van der Waals surface area contributed by atoms with E-state index in [-0.39, 0.29) is 29.7 Å². The standard InChI is InChI=1S/C33H31FN2O5/c1-18-5-7-22(27-12-14-30(37)36(3)35-27)19(2)32(18)24-9-11-26(34)33-25(24)10-13-28(33)41-21-6-8-23-20(15-31(38)39-4)17-40-29(23)16-21/h5-9,11-12,14,16,20,28H,10,13,15,17H2,1-4H3/t20-,28-/m1/s1. The van der Waals surface area contributed by atoms with Crippen LogP contribution in [0.5, 0.6) is 11.5 Å². The SMILES string of the molecule is COC(=O)C[C@@H]1COc2cc(O[C@@H]3CCc4c(-c5c(C)ccc(-c6ccc(=O)n(C)n6)c5C)ccc(F)c43)ccc21. The molecule has 0 radical (unpaired) electrons. The Kier molecular flexibility index (Phi) is 6.85. The fourth-order valence-electron chi connectivity index (χ4n) is 6.16. The zero-order valence-corrected chi connectivity index (χ0v) is 23.5. The largest absolute Gasteiger partial charge is 0.492 e. The normalized spacial score (nSPS) is 17.1. The van der Waals surface area contributed by atoms with Gasteiger partial charge in [0.15, 0.2) is 0 Å². The number of nitrogens with zero attached hydrogens (tertiary/aromatic N) is 2. The molecule has 0 unspecified atom stereocenters. The van der Waals surface area contributed by atoms with Gasteiger partial charge in [-0.15, -0.1) is 0 Å². The Morgan fingerprint density at radius 1 is 1.10 bits per heavy atom. The van der Waals surface area contributed by atoms with Gasteiger partial charge in [0.05, 0.1) is 25.8 Å². The predicted molar refractivity (Wildman–Crippen MR) is 153 cm³/mol. The Balaban J connectivity index is 1.33. The Morgan fingerprint density at radius 3 is 2.68 bits per heavy atom. The molecule has 2 heterocycles. The van der Waals surface area contributed by atoms with E-state index in [1.54, 1.807) is 13.1 Å². The van der Waals surface area contributed by atoms with Gasteiger partial charge in [-0.3, -0.25) is 9.59 Å². The molecule has 0 fully saturated rings. The highest BCUT2D eigenvalue weighted by molar-refractivity contribution is 5.82. The number of esters is 1. The van der Waals surface area contributed by atoms with E-state index < -0.39 is 6.10 Å². The summed E-state index contributed by atoms with van der Waals surface area (Å²) in [5.74, 6) is 0.659. The van der Waals surface area contributed by atoms with E-state index >= 15 is 4.39 Å². The minimum absolute atomic E-state index is 0.0584.